The molecule has 6 N–H and O–H groups in total. The van der Waals surface area contributed by atoms with Crippen LogP contribution in [0.15, 0.2) is 219 Å². The molecule has 22 nitrogen and oxygen atoms in total. The Balaban J connectivity index is 0.000000373. The number of amides is 9. The molecule has 4 unspecified atom stereocenters. The van der Waals surface area contributed by atoms with Crippen LogP contribution in [-0.2, 0) is 43.6 Å². The van der Waals surface area contributed by atoms with Gasteiger partial charge in [0.05, 0.1) is 76.2 Å². The van der Waals surface area contributed by atoms with Gasteiger partial charge in [-0.2, -0.15) is 0 Å². The van der Waals surface area contributed by atoms with Crippen LogP contribution in [0.3, 0.4) is 0 Å². The molecule has 1 fully saturated rings. The third-order valence-corrected chi connectivity index (χ3v) is 21.0. The number of fused-ring (bicyclic) bond motifs is 7. The van der Waals surface area contributed by atoms with Crippen LogP contribution >= 0.6 is 27.5 Å². The average molecular weight is 1760 g/mol. The summed E-state index contributed by atoms with van der Waals surface area (Å²) in [6.07, 6.45) is 9.69. The standard InChI is InChI=1S/C21H22N2O3.C20H23ClN2O2.C13H20N2O.C12H11NO3.C12H11NO2.C8H5NO2.C4H7Br.6CH4.K/c24-17(14-22-11-9-15-5-1-2-6-16(15)13-22)10-12-23-20(25)18-7-3-4-8-19(18)21(23)26;21-18-7-5-16(6-8-18)20(25)22-11-9-19(24)14-23-12-10-15-3-1-2-4-17(15)13-23;14-7-5-13(16)10-15-8-6-11-3-1-2-4-12(11)9-15;14-11-9-3-1-2-4-10(9)12(15)13(11)6-5-8-7-16-8;1-2-3-8-13-11(14)9-6-4-5-7-10(9)12(13)15;10-7-5-3-1-2-4-6(5)8(11)9-7;1-2-3-4-5;;;;;;;/h1-8,17,24H,9-14H2;1-8,19,24H,9-14H2,(H,22,25);1-4,13,16H,5-10,14H2;1-4,8H,5-7H2;2,4-7H,1,3,8H2;1-4H,(H,9,10,11);2H,1,3-4H2;6*1H4;/q;;;;;;;;;;;;;+1/p-1. The largest absolute Gasteiger partial charge is 1.00 e. The number of β-amino-alcohol motifs (C(OH)–C–C–N with tert-alkyl or cyclic N) is 3. The molecule has 4 atom stereocenters. The summed E-state index contributed by atoms with van der Waals surface area (Å²) in [4.78, 5) is 117. The van der Waals surface area contributed by atoms with Gasteiger partial charge in [-0.15, -0.1) is 13.2 Å². The molecule has 8 aromatic rings. The number of nitrogens with zero attached hydrogens (tertiary/aromatic N) is 7. The topological polar surface area (TPSA) is 298 Å². The number of hydrogen-bond acceptors (Lipinski definition) is 17. The Morgan fingerprint density at radius 2 is 0.777 bits per heavy atom. The van der Waals surface area contributed by atoms with E-state index in [9.17, 15) is 58.5 Å². The predicted molar refractivity (Wildman–Crippen MR) is 483 cm³/mol. The number of carbonyl (C=O) groups excluding carboxylic acids is 9. The molecule has 16 rings (SSSR count). The second-order valence-corrected chi connectivity index (χ2v) is 29.6. The van der Waals surface area contributed by atoms with Gasteiger partial charge in [0.25, 0.3) is 41.4 Å². The fourth-order valence-corrected chi connectivity index (χ4v) is 14.5. The van der Waals surface area contributed by atoms with Gasteiger partial charge in [-0.3, -0.25) is 63.0 Å². The first kappa shape index (κ1) is 107. The van der Waals surface area contributed by atoms with Crippen LogP contribution in [-0.4, -0.2) is 206 Å². The number of aliphatic hydroxyl groups is 3. The van der Waals surface area contributed by atoms with Gasteiger partial charge in [0.1, 0.15) is 0 Å². The van der Waals surface area contributed by atoms with Crippen molar-refractivity contribution in [2.24, 2.45) is 5.73 Å². The number of halogens is 2. The molecule has 8 heterocycles. The van der Waals surface area contributed by atoms with E-state index in [4.69, 9.17) is 22.1 Å². The molecule has 0 aliphatic carbocycles. The molecule has 0 saturated carbocycles. The number of imide groups is 4. The Bertz CT molecular complexity index is 4580. The number of allylic oxidation sites excluding steroid dienone is 1. The molecule has 25 heteroatoms. The maximum atomic E-state index is 12.4. The predicted octanol–water partition coefficient (Wildman–Crippen LogP) is 12.8. The molecular weight excluding hydrogens is 1640 g/mol. The number of hydrogen-bond donors (Lipinski definition) is 5. The second kappa shape index (κ2) is 54.1. The monoisotopic (exact) mass is 1760 g/mol. The summed E-state index contributed by atoms with van der Waals surface area (Å²) in [6.45, 7) is 17.5. The van der Waals surface area contributed by atoms with E-state index in [2.05, 4.69) is 121 Å². The molecule has 1 saturated heterocycles. The van der Waals surface area contributed by atoms with Gasteiger partial charge in [-0.05, 0) is 158 Å². The van der Waals surface area contributed by atoms with Crippen LogP contribution in [0.1, 0.15) is 210 Å². The van der Waals surface area contributed by atoms with E-state index in [0.29, 0.717) is 120 Å². The normalized spacial score (nSPS) is 15.8. The van der Waals surface area contributed by atoms with Gasteiger partial charge in [-0.1, -0.05) is 218 Å². The molecule has 8 aliphatic rings. The summed E-state index contributed by atoms with van der Waals surface area (Å²) in [5.41, 5.74) is 18.1. The quantitative estimate of drug-likeness (QED) is 0.0131. The van der Waals surface area contributed by atoms with Crippen LogP contribution < -0.4 is 62.4 Å². The summed E-state index contributed by atoms with van der Waals surface area (Å²) in [7, 11) is 0. The minimum Gasteiger partial charge on any atom is -0.587 e. The van der Waals surface area contributed by atoms with Crippen molar-refractivity contribution < 1.29 is 115 Å². The van der Waals surface area contributed by atoms with Crippen LogP contribution in [0.25, 0.3) is 5.32 Å². The zero-order chi connectivity index (χ0) is 81.0. The molecule has 0 bridgehead atoms. The molecular formula is C96H122BrClKN9O13. The number of benzene rings is 8. The maximum Gasteiger partial charge on any atom is 1.00 e. The minimum atomic E-state index is -0.565. The van der Waals surface area contributed by atoms with Crippen LogP contribution in [0.5, 0.6) is 0 Å². The summed E-state index contributed by atoms with van der Waals surface area (Å²) in [5, 5.41) is 38.2. The number of carbonyl (C=O) groups is 9. The summed E-state index contributed by atoms with van der Waals surface area (Å²) < 4.78 is 5.07. The van der Waals surface area contributed by atoms with E-state index in [1.165, 1.54) is 48.1 Å². The molecule has 0 aromatic heterocycles. The zero-order valence-electron chi connectivity index (χ0n) is 64.9. The summed E-state index contributed by atoms with van der Waals surface area (Å²) in [5.74, 6) is -2.27. The van der Waals surface area contributed by atoms with Gasteiger partial charge in [0.15, 0.2) is 0 Å². The number of aliphatic hydroxyl groups excluding tert-OH is 3. The third kappa shape index (κ3) is 30.4. The number of alkyl halides is 1. The molecule has 9 amide bonds. The fourth-order valence-electron chi connectivity index (χ4n) is 14.0. The fraction of sp³-hybridized carbons (Fsp3) is 0.365. The van der Waals surface area contributed by atoms with Crippen molar-refractivity contribution in [1.82, 2.24) is 34.7 Å². The van der Waals surface area contributed by atoms with Crippen molar-refractivity contribution >= 4 is 80.7 Å². The van der Waals surface area contributed by atoms with Crippen molar-refractivity contribution in [2.75, 3.05) is 83.9 Å². The summed E-state index contributed by atoms with van der Waals surface area (Å²) >= 11 is 9.06. The van der Waals surface area contributed by atoms with Gasteiger partial charge in [-0.25, -0.2) is 0 Å². The molecule has 121 heavy (non-hydrogen) atoms. The minimum absolute atomic E-state index is 0. The van der Waals surface area contributed by atoms with Crippen molar-refractivity contribution in [3.63, 3.8) is 0 Å². The van der Waals surface area contributed by atoms with Crippen molar-refractivity contribution in [3.8, 4) is 0 Å². The van der Waals surface area contributed by atoms with Gasteiger partial charge >= 0.3 is 51.4 Å². The average Bonchev–Trinajstić information content (AvgIpc) is 1.66. The van der Waals surface area contributed by atoms with Gasteiger partial charge < -0.3 is 46.0 Å². The Morgan fingerprint density at radius 1 is 0.463 bits per heavy atom. The van der Waals surface area contributed by atoms with E-state index in [1.54, 1.807) is 127 Å². The smallest absolute Gasteiger partial charge is 0.587 e. The van der Waals surface area contributed by atoms with E-state index in [1.807, 2.05) is 12.1 Å². The number of ether oxygens (including phenoxy) is 1. The van der Waals surface area contributed by atoms with Crippen molar-refractivity contribution in [3.05, 3.63) is 313 Å². The van der Waals surface area contributed by atoms with Crippen LogP contribution in [0.4, 0.5) is 0 Å². The number of nitrogens with two attached hydrogens (primary N) is 1. The van der Waals surface area contributed by atoms with Crippen LogP contribution in [0.2, 0.25) is 5.02 Å². The first-order valence-corrected chi connectivity index (χ1v) is 40.1. The Kier molecular flexibility index (Phi) is 47.6. The Hall–Kier alpha value is -8.64. The Morgan fingerprint density at radius 3 is 1.11 bits per heavy atom. The van der Waals surface area contributed by atoms with E-state index in [-0.39, 0.29) is 156 Å². The number of nitrogens with one attached hydrogen (secondary N) is 1. The first-order chi connectivity index (χ1) is 55.3. The second-order valence-electron chi connectivity index (χ2n) is 28.4. The van der Waals surface area contributed by atoms with E-state index < -0.39 is 24.0 Å². The SMILES string of the molecule is C.C.C.C.C.C.C=CCCBr.C=CCCN1C(=O)c2ccccc2C1=O.NCCC(O)CN1CCc2ccccc2C1.O=C(NCCC(O)CN1CCc2ccccc2C1)c1ccc(Cl)cc1.O=C1[N-]C(=O)c2ccccc21.O=C1c2ccccc2C(=O)N1CCC(O)CN1CCc2ccccc2C1.O=C1c2ccccc2C(=O)N1CCC1CO1.[K+]. The third-order valence-electron chi connectivity index (χ3n) is 20.3. The van der Waals surface area contributed by atoms with E-state index in [0.717, 1.165) is 89.9 Å². The number of epoxide rings is 1. The van der Waals surface area contributed by atoms with Crippen molar-refractivity contribution in [2.45, 2.75) is 146 Å². The number of rotatable bonds is 23. The first-order valence-electron chi connectivity index (χ1n) is 38.6. The maximum absolute atomic E-state index is 12.4. The zero-order valence-corrected chi connectivity index (χ0v) is 70.4. The Labute approximate surface area is 772 Å². The van der Waals surface area contributed by atoms with E-state index >= 15 is 0 Å². The molecule has 8 aromatic carbocycles. The van der Waals surface area contributed by atoms with Crippen molar-refractivity contribution in [1.29, 1.82) is 0 Å². The summed E-state index contributed by atoms with van der Waals surface area (Å²) in [6, 6.07) is 59.5. The van der Waals surface area contributed by atoms with Gasteiger partial charge in [0, 0.05) is 112 Å². The van der Waals surface area contributed by atoms with Crippen LogP contribution in [0, 0.1) is 0 Å². The molecule has 644 valence electrons. The molecule has 0 spiro atoms. The molecule has 0 radical (unpaired) electrons. The van der Waals surface area contributed by atoms with Gasteiger partial charge in [0.2, 0.25) is 0 Å². The molecule has 8 aliphatic heterocycles.